The van der Waals surface area contributed by atoms with Crippen molar-refractivity contribution in [2.45, 2.75) is 0 Å². The zero-order chi connectivity index (χ0) is 10.1. The fourth-order valence-corrected chi connectivity index (χ4v) is 4.27. The van der Waals surface area contributed by atoms with Crippen molar-refractivity contribution in [3.8, 4) is 15.5 Å². The van der Waals surface area contributed by atoms with E-state index in [0.29, 0.717) is 0 Å². The van der Waals surface area contributed by atoms with E-state index in [-0.39, 0.29) is 0 Å². The first-order valence-corrected chi connectivity index (χ1v) is 7.07. The van der Waals surface area contributed by atoms with Crippen molar-refractivity contribution < 1.29 is 4.74 Å². The fourth-order valence-electron chi connectivity index (χ4n) is 1.09. The van der Waals surface area contributed by atoms with E-state index in [2.05, 4.69) is 49.4 Å². The van der Waals surface area contributed by atoms with Crippen LogP contribution in [0.15, 0.2) is 25.8 Å². The van der Waals surface area contributed by atoms with Gasteiger partial charge in [-0.05, 0) is 49.4 Å². The van der Waals surface area contributed by atoms with Crippen LogP contribution in [0, 0.1) is 0 Å². The van der Waals surface area contributed by atoms with Crippen molar-refractivity contribution in [3.05, 3.63) is 25.8 Å². The minimum absolute atomic E-state index is 0.915. The molecule has 0 aliphatic carbocycles. The number of hydrogen-bond donors (Lipinski definition) is 0. The van der Waals surface area contributed by atoms with Crippen molar-refractivity contribution in [1.29, 1.82) is 0 Å². The zero-order valence-electron chi connectivity index (χ0n) is 7.21. The van der Waals surface area contributed by atoms with Gasteiger partial charge in [-0.15, -0.1) is 11.3 Å². The third-order valence-corrected chi connectivity index (χ3v) is 5.39. The lowest BCUT2D eigenvalue weighted by Crippen LogP contribution is -1.75. The highest BCUT2D eigenvalue weighted by Gasteiger charge is 2.11. The molecular formula is C9H6Br2OS2. The second kappa shape index (κ2) is 4.35. The normalized spacial score (nSPS) is 10.5. The molecule has 0 atom stereocenters. The third-order valence-electron chi connectivity index (χ3n) is 1.72. The maximum atomic E-state index is 5.22. The van der Waals surface area contributed by atoms with E-state index in [1.807, 2.05) is 0 Å². The maximum absolute atomic E-state index is 5.22. The first-order valence-electron chi connectivity index (χ1n) is 3.79. The Labute approximate surface area is 107 Å². The summed E-state index contributed by atoms with van der Waals surface area (Å²) in [4.78, 5) is 1.21. The first kappa shape index (κ1) is 10.7. The van der Waals surface area contributed by atoms with E-state index in [1.54, 1.807) is 29.8 Å². The predicted molar refractivity (Wildman–Crippen MR) is 69.6 cm³/mol. The van der Waals surface area contributed by atoms with Gasteiger partial charge in [0.1, 0.15) is 0 Å². The van der Waals surface area contributed by atoms with Crippen molar-refractivity contribution in [3.63, 3.8) is 0 Å². The molecule has 2 heterocycles. The monoisotopic (exact) mass is 352 g/mol. The molecule has 0 aromatic carbocycles. The van der Waals surface area contributed by atoms with Crippen molar-refractivity contribution in [2.75, 3.05) is 7.11 Å². The van der Waals surface area contributed by atoms with E-state index in [9.17, 15) is 0 Å². The molecule has 0 saturated carbocycles. The Balaban J connectivity index is 2.47. The molecule has 0 unspecified atom stereocenters. The van der Waals surface area contributed by atoms with Crippen LogP contribution in [0.1, 0.15) is 0 Å². The molecule has 0 amide bonds. The summed E-state index contributed by atoms with van der Waals surface area (Å²) < 4.78 is 7.40. The molecule has 74 valence electrons. The van der Waals surface area contributed by atoms with Gasteiger partial charge in [0.05, 0.1) is 15.4 Å². The van der Waals surface area contributed by atoms with Crippen LogP contribution in [0.5, 0.6) is 5.06 Å². The van der Waals surface area contributed by atoms with Gasteiger partial charge in [-0.25, -0.2) is 0 Å². The summed E-state index contributed by atoms with van der Waals surface area (Å²) in [5.74, 6) is 0. The van der Waals surface area contributed by atoms with Crippen LogP contribution >= 0.6 is 54.5 Å². The van der Waals surface area contributed by atoms with Crippen LogP contribution in [0.4, 0.5) is 0 Å². The Morgan fingerprint density at radius 2 is 2.14 bits per heavy atom. The Morgan fingerprint density at radius 1 is 1.36 bits per heavy atom. The number of ether oxygens (including phenoxy) is 1. The molecule has 2 rings (SSSR count). The van der Waals surface area contributed by atoms with Gasteiger partial charge in [0.25, 0.3) is 0 Å². The summed E-state index contributed by atoms with van der Waals surface area (Å²) in [7, 11) is 1.68. The molecule has 0 N–H and O–H groups in total. The van der Waals surface area contributed by atoms with Crippen LogP contribution in [-0.2, 0) is 0 Å². The number of hydrogen-bond acceptors (Lipinski definition) is 3. The van der Waals surface area contributed by atoms with Crippen LogP contribution in [0.2, 0.25) is 0 Å². The summed E-state index contributed by atoms with van der Waals surface area (Å²) in [5.41, 5.74) is 1.23. The average Bonchev–Trinajstić information content (AvgIpc) is 2.71. The van der Waals surface area contributed by atoms with Gasteiger partial charge in [-0.1, -0.05) is 11.3 Å². The third kappa shape index (κ3) is 1.91. The van der Waals surface area contributed by atoms with Crippen LogP contribution in [-0.4, -0.2) is 7.11 Å². The van der Waals surface area contributed by atoms with E-state index >= 15 is 0 Å². The topological polar surface area (TPSA) is 9.23 Å². The first-order chi connectivity index (χ1) is 6.72. The highest BCUT2D eigenvalue weighted by molar-refractivity contribution is 9.11. The van der Waals surface area contributed by atoms with Gasteiger partial charge in [-0.2, -0.15) is 0 Å². The molecule has 0 bridgehead atoms. The number of thiophene rings is 2. The summed E-state index contributed by atoms with van der Waals surface area (Å²) in [5, 5.41) is 2.98. The molecular weight excluding hydrogens is 348 g/mol. The molecule has 2 aromatic heterocycles. The molecule has 0 spiro atoms. The van der Waals surface area contributed by atoms with Gasteiger partial charge >= 0.3 is 0 Å². The maximum Gasteiger partial charge on any atom is 0.188 e. The van der Waals surface area contributed by atoms with Crippen LogP contribution in [0.25, 0.3) is 10.4 Å². The van der Waals surface area contributed by atoms with Gasteiger partial charge in [0, 0.05) is 10.4 Å². The van der Waals surface area contributed by atoms with Gasteiger partial charge in [-0.3, -0.25) is 0 Å². The molecule has 0 radical (unpaired) electrons. The largest absolute Gasteiger partial charge is 0.486 e. The summed E-state index contributed by atoms with van der Waals surface area (Å²) >= 11 is 10.3. The molecule has 1 nitrogen and oxygen atoms in total. The van der Waals surface area contributed by atoms with Crippen LogP contribution < -0.4 is 4.74 Å². The second-order valence-corrected chi connectivity index (χ2v) is 6.66. The Morgan fingerprint density at radius 3 is 2.64 bits per heavy atom. The summed E-state index contributed by atoms with van der Waals surface area (Å²) in [6, 6.07) is 4.18. The molecule has 5 heteroatoms. The molecule has 14 heavy (non-hydrogen) atoms. The Bertz CT molecular complexity index is 447. The van der Waals surface area contributed by atoms with Gasteiger partial charge < -0.3 is 4.74 Å². The van der Waals surface area contributed by atoms with E-state index in [4.69, 9.17) is 4.74 Å². The highest BCUT2D eigenvalue weighted by atomic mass is 79.9. The predicted octanol–water partition coefficient (Wildman–Crippen LogP) is 5.01. The van der Waals surface area contributed by atoms with E-state index in [1.165, 1.54) is 10.4 Å². The van der Waals surface area contributed by atoms with Crippen molar-refractivity contribution in [2.24, 2.45) is 0 Å². The standard InChI is InChI=1S/C9H6Br2OS2/c1-12-9-6(10)4-7(14-9)5-2-3-13-8(5)11/h2-4H,1H3. The zero-order valence-corrected chi connectivity index (χ0v) is 12.0. The van der Waals surface area contributed by atoms with E-state index in [0.717, 1.165) is 13.3 Å². The fraction of sp³-hybridized carbons (Fsp3) is 0.111. The highest BCUT2D eigenvalue weighted by Crippen LogP contribution is 2.43. The number of methoxy groups -OCH3 is 1. The van der Waals surface area contributed by atoms with Crippen molar-refractivity contribution >= 4 is 54.5 Å². The Hall–Kier alpha value is 0.160. The minimum Gasteiger partial charge on any atom is -0.486 e. The lowest BCUT2D eigenvalue weighted by Gasteiger charge is -1.93. The number of halogens is 2. The molecule has 2 aromatic rings. The quantitative estimate of drug-likeness (QED) is 0.737. The smallest absolute Gasteiger partial charge is 0.188 e. The van der Waals surface area contributed by atoms with Gasteiger partial charge in [0.2, 0.25) is 0 Å². The molecule has 0 saturated heterocycles. The number of rotatable bonds is 2. The molecule has 0 fully saturated rings. The SMILES string of the molecule is COc1sc(-c2ccsc2Br)cc1Br. The molecule has 0 aliphatic rings. The van der Waals surface area contributed by atoms with Gasteiger partial charge in [0.15, 0.2) is 5.06 Å². The average molecular weight is 354 g/mol. The minimum atomic E-state index is 0.915. The Kier molecular flexibility index (Phi) is 3.31. The second-order valence-electron chi connectivity index (χ2n) is 2.56. The van der Waals surface area contributed by atoms with Crippen molar-refractivity contribution in [1.82, 2.24) is 0 Å². The lowest BCUT2D eigenvalue weighted by molar-refractivity contribution is 0.425. The summed E-state index contributed by atoms with van der Waals surface area (Å²) in [6.07, 6.45) is 0. The summed E-state index contributed by atoms with van der Waals surface area (Å²) in [6.45, 7) is 0. The lowest BCUT2D eigenvalue weighted by atomic mass is 10.3. The van der Waals surface area contributed by atoms with Crippen LogP contribution in [0.3, 0.4) is 0 Å². The van der Waals surface area contributed by atoms with E-state index < -0.39 is 0 Å². The molecule has 0 aliphatic heterocycles.